The first kappa shape index (κ1) is 31.0. The molecule has 3 amide bonds. The van der Waals surface area contributed by atoms with Crippen LogP contribution in [0.2, 0.25) is 0 Å². The first-order valence-corrected chi connectivity index (χ1v) is 14.2. The van der Waals surface area contributed by atoms with Gasteiger partial charge in [0.15, 0.2) is 0 Å². The van der Waals surface area contributed by atoms with E-state index in [1.54, 1.807) is 60.4 Å². The van der Waals surface area contributed by atoms with Crippen LogP contribution in [0.15, 0.2) is 73.1 Å². The summed E-state index contributed by atoms with van der Waals surface area (Å²) in [6.45, 7) is 9.62. The quantitative estimate of drug-likeness (QED) is 0.380. The van der Waals surface area contributed by atoms with Gasteiger partial charge in [0, 0.05) is 66.8 Å². The molecule has 0 radical (unpaired) electrons. The van der Waals surface area contributed by atoms with Crippen molar-refractivity contribution in [2.24, 2.45) is 0 Å². The molecule has 0 spiro atoms. The Morgan fingerprint density at radius 3 is 2.07 bits per heavy atom. The van der Waals surface area contributed by atoms with E-state index < -0.39 is 11.6 Å². The molecular weight excluding hydrogens is 550 g/mol. The number of piperazine rings is 1. The van der Waals surface area contributed by atoms with Gasteiger partial charge in [-0.15, -0.1) is 0 Å². The summed E-state index contributed by atoms with van der Waals surface area (Å²) >= 11 is 0. The smallest absolute Gasteiger partial charge is 0.410 e. The van der Waals surface area contributed by atoms with Crippen LogP contribution in [-0.4, -0.2) is 78.7 Å². The topological polar surface area (TPSA) is 121 Å². The lowest BCUT2D eigenvalue weighted by atomic mass is 10.1. The SMILES string of the molecule is CCOC(=O)CN(C(=O)c1ccncc1)c1ccc(NC(=O)c2ccc(N3CCN(C(=O)OC(C)(C)C)CC3)cc2)cc1. The van der Waals surface area contributed by atoms with Crippen molar-refractivity contribution in [2.75, 3.05) is 54.4 Å². The Kier molecular flexibility index (Phi) is 9.97. The summed E-state index contributed by atoms with van der Waals surface area (Å²) in [4.78, 5) is 59.8. The highest BCUT2D eigenvalue weighted by atomic mass is 16.6. The molecule has 4 rings (SSSR count). The zero-order valence-electron chi connectivity index (χ0n) is 24.9. The summed E-state index contributed by atoms with van der Waals surface area (Å²) in [5.41, 5.74) is 2.30. The van der Waals surface area contributed by atoms with Gasteiger partial charge in [0.05, 0.1) is 6.61 Å². The third-order valence-corrected chi connectivity index (χ3v) is 6.63. The number of aromatic nitrogens is 1. The maximum absolute atomic E-state index is 13.2. The van der Waals surface area contributed by atoms with E-state index in [1.165, 1.54) is 17.3 Å². The van der Waals surface area contributed by atoms with E-state index in [0.717, 1.165) is 5.69 Å². The predicted molar refractivity (Wildman–Crippen MR) is 163 cm³/mol. The van der Waals surface area contributed by atoms with Crippen LogP contribution in [0.5, 0.6) is 0 Å². The molecule has 43 heavy (non-hydrogen) atoms. The molecule has 1 saturated heterocycles. The molecule has 0 aliphatic carbocycles. The highest BCUT2D eigenvalue weighted by Crippen LogP contribution is 2.22. The van der Waals surface area contributed by atoms with E-state index in [4.69, 9.17) is 9.47 Å². The molecule has 0 saturated carbocycles. The van der Waals surface area contributed by atoms with Crippen LogP contribution in [-0.2, 0) is 14.3 Å². The maximum Gasteiger partial charge on any atom is 0.410 e. The third-order valence-electron chi connectivity index (χ3n) is 6.63. The van der Waals surface area contributed by atoms with Gasteiger partial charge in [-0.3, -0.25) is 24.3 Å². The molecule has 11 nitrogen and oxygen atoms in total. The fraction of sp³-hybridized carbons (Fsp3) is 0.344. The first-order chi connectivity index (χ1) is 20.5. The van der Waals surface area contributed by atoms with Crippen LogP contribution in [0, 0.1) is 0 Å². The van der Waals surface area contributed by atoms with E-state index >= 15 is 0 Å². The zero-order chi connectivity index (χ0) is 31.0. The summed E-state index contributed by atoms with van der Waals surface area (Å²) in [6.07, 6.45) is 2.71. The van der Waals surface area contributed by atoms with Crippen molar-refractivity contribution in [1.29, 1.82) is 0 Å². The third kappa shape index (κ3) is 8.54. The number of carbonyl (C=O) groups is 4. The Labute approximate surface area is 251 Å². The van der Waals surface area contributed by atoms with Crippen molar-refractivity contribution < 1.29 is 28.7 Å². The van der Waals surface area contributed by atoms with Crippen LogP contribution in [0.1, 0.15) is 48.4 Å². The Morgan fingerprint density at radius 2 is 1.49 bits per heavy atom. The monoisotopic (exact) mass is 587 g/mol. The Bertz CT molecular complexity index is 1410. The molecule has 0 unspecified atom stereocenters. The van der Waals surface area contributed by atoms with E-state index in [0.29, 0.717) is 48.7 Å². The number of pyridine rings is 1. The lowest BCUT2D eigenvalue weighted by molar-refractivity contribution is -0.141. The molecule has 2 aromatic carbocycles. The predicted octanol–water partition coefficient (Wildman–Crippen LogP) is 4.60. The number of hydrogen-bond acceptors (Lipinski definition) is 8. The van der Waals surface area contributed by atoms with Crippen molar-refractivity contribution in [1.82, 2.24) is 9.88 Å². The summed E-state index contributed by atoms with van der Waals surface area (Å²) in [5, 5.41) is 2.87. The van der Waals surface area contributed by atoms with Crippen molar-refractivity contribution in [3.05, 3.63) is 84.2 Å². The number of carbonyl (C=O) groups excluding carboxylic acids is 4. The van der Waals surface area contributed by atoms with Gasteiger partial charge < -0.3 is 24.6 Å². The lowest BCUT2D eigenvalue weighted by Gasteiger charge is -2.36. The number of rotatable bonds is 8. The van der Waals surface area contributed by atoms with Gasteiger partial charge >= 0.3 is 12.1 Å². The van der Waals surface area contributed by atoms with E-state index in [-0.39, 0.29) is 31.1 Å². The minimum Gasteiger partial charge on any atom is -0.465 e. The van der Waals surface area contributed by atoms with Crippen molar-refractivity contribution in [3.8, 4) is 0 Å². The van der Waals surface area contributed by atoms with Gasteiger partial charge in [0.2, 0.25) is 0 Å². The van der Waals surface area contributed by atoms with Gasteiger partial charge in [0.1, 0.15) is 12.1 Å². The zero-order valence-corrected chi connectivity index (χ0v) is 24.9. The molecule has 1 N–H and O–H groups in total. The second-order valence-electron chi connectivity index (χ2n) is 10.9. The Hall–Kier alpha value is -4.93. The fourth-order valence-electron chi connectivity index (χ4n) is 4.49. The Morgan fingerprint density at radius 1 is 0.860 bits per heavy atom. The molecule has 1 fully saturated rings. The number of amides is 3. The second kappa shape index (κ2) is 13.8. The number of anilines is 3. The lowest BCUT2D eigenvalue weighted by Crippen LogP contribution is -2.50. The average molecular weight is 588 g/mol. The van der Waals surface area contributed by atoms with Gasteiger partial charge in [-0.2, -0.15) is 0 Å². The number of esters is 1. The van der Waals surface area contributed by atoms with Crippen LogP contribution in [0.4, 0.5) is 21.9 Å². The van der Waals surface area contributed by atoms with Gasteiger partial charge in [-0.25, -0.2) is 4.79 Å². The number of benzene rings is 2. The van der Waals surface area contributed by atoms with Crippen LogP contribution in [0.3, 0.4) is 0 Å². The standard InChI is InChI=1S/C32H37N5O6/c1-5-42-28(38)22-37(30(40)24-14-16-33-17-15-24)27-12-8-25(9-13-27)34-29(39)23-6-10-26(11-7-23)35-18-20-36(21-19-35)31(41)43-32(2,3)4/h6-17H,5,18-22H2,1-4H3,(H,34,39). The summed E-state index contributed by atoms with van der Waals surface area (Å²) in [5.74, 6) is -1.19. The maximum atomic E-state index is 13.2. The molecule has 0 bridgehead atoms. The molecule has 1 aromatic heterocycles. The minimum absolute atomic E-state index is 0.201. The minimum atomic E-state index is -0.532. The largest absolute Gasteiger partial charge is 0.465 e. The van der Waals surface area contributed by atoms with Crippen molar-refractivity contribution >= 4 is 40.9 Å². The molecule has 0 atom stereocenters. The number of nitrogens with one attached hydrogen (secondary N) is 1. The number of hydrogen-bond donors (Lipinski definition) is 1. The average Bonchev–Trinajstić information content (AvgIpc) is 3.00. The number of nitrogens with zero attached hydrogens (tertiary/aromatic N) is 4. The molecule has 11 heteroatoms. The fourth-order valence-corrected chi connectivity index (χ4v) is 4.49. The van der Waals surface area contributed by atoms with Gasteiger partial charge in [-0.1, -0.05) is 0 Å². The van der Waals surface area contributed by atoms with Crippen molar-refractivity contribution in [3.63, 3.8) is 0 Å². The number of ether oxygens (including phenoxy) is 2. The molecular formula is C32H37N5O6. The van der Waals surface area contributed by atoms with Crippen molar-refractivity contribution in [2.45, 2.75) is 33.3 Å². The van der Waals surface area contributed by atoms with E-state index in [1.807, 2.05) is 32.9 Å². The van der Waals surface area contributed by atoms with E-state index in [2.05, 4.69) is 15.2 Å². The highest BCUT2D eigenvalue weighted by Gasteiger charge is 2.26. The molecule has 2 heterocycles. The molecule has 3 aromatic rings. The van der Waals surface area contributed by atoms with E-state index in [9.17, 15) is 19.2 Å². The second-order valence-corrected chi connectivity index (χ2v) is 10.9. The summed E-state index contributed by atoms with van der Waals surface area (Å²) < 4.78 is 10.5. The van der Waals surface area contributed by atoms with Crippen LogP contribution >= 0.6 is 0 Å². The molecule has 1 aliphatic rings. The molecule has 1 aliphatic heterocycles. The summed E-state index contributed by atoms with van der Waals surface area (Å²) in [6, 6.07) is 17.1. The summed E-state index contributed by atoms with van der Waals surface area (Å²) in [7, 11) is 0. The van der Waals surface area contributed by atoms with Gasteiger partial charge in [0.25, 0.3) is 11.8 Å². The van der Waals surface area contributed by atoms with Gasteiger partial charge in [-0.05, 0) is 88.4 Å². The highest BCUT2D eigenvalue weighted by molar-refractivity contribution is 6.08. The van der Waals surface area contributed by atoms with Crippen LogP contribution in [0.25, 0.3) is 0 Å². The first-order valence-electron chi connectivity index (χ1n) is 14.2. The Balaban J connectivity index is 1.36. The normalized spacial score (nSPS) is 13.2. The molecule has 226 valence electrons. The van der Waals surface area contributed by atoms with Crippen LogP contribution < -0.4 is 15.1 Å².